The van der Waals surface area contributed by atoms with Gasteiger partial charge in [-0.2, -0.15) is 0 Å². The van der Waals surface area contributed by atoms with Gasteiger partial charge in [-0.1, -0.05) is 27.0 Å². The van der Waals surface area contributed by atoms with Crippen LogP contribution in [0.4, 0.5) is 0 Å². The van der Waals surface area contributed by atoms with Crippen molar-refractivity contribution in [3.05, 3.63) is 24.3 Å². The van der Waals surface area contributed by atoms with Gasteiger partial charge in [0, 0.05) is 24.0 Å². The van der Waals surface area contributed by atoms with Crippen LogP contribution < -0.4 is 0 Å². The molecule has 0 aliphatic heterocycles. The van der Waals surface area contributed by atoms with Gasteiger partial charge in [0.05, 0.1) is 0 Å². The van der Waals surface area contributed by atoms with E-state index in [-0.39, 0.29) is 24.0 Å². The third-order valence-electron chi connectivity index (χ3n) is 2.66. The topological polar surface area (TPSA) is 105 Å². The first kappa shape index (κ1) is 22.4. The Morgan fingerprint density at radius 2 is 1.04 bits per heavy atom. The molecule has 0 rings (SSSR count). The van der Waals surface area contributed by atoms with Crippen molar-refractivity contribution >= 4 is 23.9 Å². The van der Waals surface area contributed by atoms with E-state index in [0.717, 1.165) is 0 Å². The van der Waals surface area contributed by atoms with Crippen LogP contribution in [0, 0.1) is 0 Å². The van der Waals surface area contributed by atoms with Crippen LogP contribution in [-0.4, -0.2) is 36.5 Å². The number of hydrogen-bond donors (Lipinski definition) is 0. The van der Waals surface area contributed by atoms with Crippen molar-refractivity contribution in [1.29, 1.82) is 0 Å². The first-order valence-corrected chi connectivity index (χ1v) is 7.72. The quantitative estimate of drug-likeness (QED) is 0.254. The van der Waals surface area contributed by atoms with Gasteiger partial charge in [0.15, 0.2) is 0 Å². The van der Waals surface area contributed by atoms with E-state index in [2.05, 4.69) is 13.2 Å². The summed E-state index contributed by atoms with van der Waals surface area (Å²) in [5.41, 5.74) is 0.304. The number of ether oxygens (including phenoxy) is 4. The van der Waals surface area contributed by atoms with Gasteiger partial charge < -0.3 is 18.9 Å². The molecule has 0 N–H and O–H groups in total. The maximum absolute atomic E-state index is 11.7. The highest BCUT2D eigenvalue weighted by atomic mass is 16.7. The number of carbonyl (C=O) groups excluding carboxylic acids is 4. The Bertz CT molecular complexity index is 501. The van der Waals surface area contributed by atoms with E-state index in [1.54, 1.807) is 13.8 Å². The van der Waals surface area contributed by atoms with Crippen LogP contribution in [0.5, 0.6) is 0 Å². The molecule has 0 aliphatic rings. The molecule has 8 nitrogen and oxygen atoms in total. The molecule has 0 spiro atoms. The first-order valence-electron chi connectivity index (χ1n) is 7.72. The molecule has 25 heavy (non-hydrogen) atoms. The van der Waals surface area contributed by atoms with Crippen LogP contribution in [0.25, 0.3) is 0 Å². The molecule has 0 aliphatic carbocycles. The van der Waals surface area contributed by atoms with Gasteiger partial charge in [0.2, 0.25) is 12.6 Å². The second kappa shape index (κ2) is 11.0. The largest absolute Gasteiger partial charge is 0.425 e. The minimum Gasteiger partial charge on any atom is -0.425 e. The summed E-state index contributed by atoms with van der Waals surface area (Å²) in [6.45, 7) is 13.0. The van der Waals surface area contributed by atoms with E-state index in [4.69, 9.17) is 18.9 Å². The Labute approximate surface area is 146 Å². The molecule has 2 atom stereocenters. The molecule has 0 aromatic heterocycles. The van der Waals surface area contributed by atoms with E-state index in [0.29, 0.717) is 0 Å². The lowest BCUT2D eigenvalue weighted by molar-refractivity contribution is -0.192. The van der Waals surface area contributed by atoms with Gasteiger partial charge in [-0.15, -0.1) is 0 Å². The zero-order chi connectivity index (χ0) is 19.6. The van der Waals surface area contributed by atoms with Crippen LogP contribution in [0.15, 0.2) is 24.3 Å². The van der Waals surface area contributed by atoms with Crippen molar-refractivity contribution in [3.63, 3.8) is 0 Å². The summed E-state index contributed by atoms with van der Waals surface area (Å²) in [6.07, 6.45) is -2.58. The van der Waals surface area contributed by atoms with Gasteiger partial charge in [-0.25, -0.2) is 9.59 Å². The Kier molecular flexibility index (Phi) is 9.85. The van der Waals surface area contributed by atoms with E-state index in [1.807, 2.05) is 0 Å². The summed E-state index contributed by atoms with van der Waals surface area (Å²) in [5, 5.41) is 0. The monoisotopic (exact) mass is 356 g/mol. The van der Waals surface area contributed by atoms with Crippen molar-refractivity contribution in [1.82, 2.24) is 0 Å². The Morgan fingerprint density at radius 1 is 0.720 bits per heavy atom. The minimum atomic E-state index is -1.13. The molecule has 0 fully saturated rings. The Balaban J connectivity index is 4.49. The van der Waals surface area contributed by atoms with Crippen LogP contribution in [0.2, 0.25) is 0 Å². The highest BCUT2D eigenvalue weighted by molar-refractivity contribution is 5.92. The van der Waals surface area contributed by atoms with Crippen molar-refractivity contribution in [2.45, 2.75) is 59.5 Å². The highest BCUT2D eigenvalue weighted by Gasteiger charge is 2.23. The maximum atomic E-state index is 11.7. The standard InChI is InChI=1S/C17H24O8/c1-7-14(24-16(20)10(3)4)22-12(18)9-13(19)23-15(8-2)25-17(21)11(5)6/h14-15H,3,5,7-9H2,1-2,4,6H3. The smallest absolute Gasteiger partial charge is 0.336 e. The molecule has 2 unspecified atom stereocenters. The molecule has 8 heteroatoms. The van der Waals surface area contributed by atoms with Crippen molar-refractivity contribution < 1.29 is 38.1 Å². The van der Waals surface area contributed by atoms with Crippen molar-refractivity contribution in [2.24, 2.45) is 0 Å². The summed E-state index contributed by atoms with van der Waals surface area (Å²) in [6, 6.07) is 0. The molecule has 0 saturated heterocycles. The molecule has 140 valence electrons. The minimum absolute atomic E-state index is 0.152. The molecular formula is C17H24O8. The van der Waals surface area contributed by atoms with E-state index in [9.17, 15) is 19.2 Å². The lowest BCUT2D eigenvalue weighted by atomic mass is 10.3. The third-order valence-corrected chi connectivity index (χ3v) is 2.66. The molecule has 0 amide bonds. The number of rotatable bonds is 10. The van der Waals surface area contributed by atoms with E-state index >= 15 is 0 Å². The Hall–Kier alpha value is -2.64. The number of hydrogen-bond acceptors (Lipinski definition) is 8. The number of carbonyl (C=O) groups is 4. The normalized spacial score (nSPS) is 12.3. The van der Waals surface area contributed by atoms with E-state index in [1.165, 1.54) is 13.8 Å². The predicted molar refractivity (Wildman–Crippen MR) is 86.8 cm³/mol. The SMILES string of the molecule is C=C(C)C(=O)OC(CC)OC(=O)CC(=O)OC(CC)OC(=O)C(=C)C. The molecule has 0 saturated carbocycles. The zero-order valence-corrected chi connectivity index (χ0v) is 15.0. The average molecular weight is 356 g/mol. The van der Waals surface area contributed by atoms with Crippen molar-refractivity contribution in [2.75, 3.05) is 0 Å². The van der Waals surface area contributed by atoms with Crippen LogP contribution in [-0.2, 0) is 38.1 Å². The fourth-order valence-electron chi connectivity index (χ4n) is 1.32. The average Bonchev–Trinajstić information content (AvgIpc) is 2.52. The zero-order valence-electron chi connectivity index (χ0n) is 15.0. The van der Waals surface area contributed by atoms with E-state index < -0.39 is 42.9 Å². The summed E-state index contributed by atoms with van der Waals surface area (Å²) in [5.74, 6) is -3.29. The highest BCUT2D eigenvalue weighted by Crippen LogP contribution is 2.09. The summed E-state index contributed by atoms with van der Waals surface area (Å²) < 4.78 is 19.5. The molecule has 0 bridgehead atoms. The van der Waals surface area contributed by atoms with Crippen LogP contribution >= 0.6 is 0 Å². The summed E-state index contributed by atoms with van der Waals surface area (Å²) in [7, 11) is 0. The fraction of sp³-hybridized carbons (Fsp3) is 0.529. The van der Waals surface area contributed by atoms with Gasteiger partial charge in [0.1, 0.15) is 6.42 Å². The molecular weight excluding hydrogens is 332 g/mol. The molecule has 0 radical (unpaired) electrons. The molecule has 0 aromatic rings. The van der Waals surface area contributed by atoms with Gasteiger partial charge in [0.25, 0.3) is 0 Å². The third kappa shape index (κ3) is 9.29. The lowest BCUT2D eigenvalue weighted by Gasteiger charge is -2.18. The first-order chi connectivity index (χ1) is 11.6. The number of esters is 4. The van der Waals surface area contributed by atoms with Crippen LogP contribution in [0.1, 0.15) is 47.0 Å². The van der Waals surface area contributed by atoms with Gasteiger partial charge in [-0.05, 0) is 13.8 Å². The van der Waals surface area contributed by atoms with Crippen molar-refractivity contribution in [3.8, 4) is 0 Å². The molecule has 0 heterocycles. The summed E-state index contributed by atoms with van der Waals surface area (Å²) >= 11 is 0. The Morgan fingerprint density at radius 3 is 1.28 bits per heavy atom. The van der Waals surface area contributed by atoms with Gasteiger partial charge >= 0.3 is 23.9 Å². The second-order valence-corrected chi connectivity index (χ2v) is 5.20. The second-order valence-electron chi connectivity index (χ2n) is 5.20. The fourth-order valence-corrected chi connectivity index (χ4v) is 1.32. The molecule has 0 aromatic carbocycles. The predicted octanol–water partition coefficient (Wildman–Crippen LogP) is 2.17. The van der Waals surface area contributed by atoms with Gasteiger partial charge in [-0.3, -0.25) is 9.59 Å². The van der Waals surface area contributed by atoms with Crippen LogP contribution in [0.3, 0.4) is 0 Å². The summed E-state index contributed by atoms with van der Waals surface area (Å²) in [4.78, 5) is 46.2. The lowest BCUT2D eigenvalue weighted by Crippen LogP contribution is -2.28. The maximum Gasteiger partial charge on any atom is 0.336 e.